The van der Waals surface area contributed by atoms with Crippen LogP contribution in [0.4, 0.5) is 4.39 Å². The Balaban J connectivity index is 1.36. The maximum absolute atomic E-state index is 14.2. The van der Waals surface area contributed by atoms with Gasteiger partial charge in [-0.3, -0.25) is 9.59 Å². The Morgan fingerprint density at radius 1 is 1.03 bits per heavy atom. The van der Waals surface area contributed by atoms with Crippen molar-refractivity contribution >= 4 is 11.8 Å². The maximum atomic E-state index is 14.2. The summed E-state index contributed by atoms with van der Waals surface area (Å²) in [5, 5.41) is 10.00. The summed E-state index contributed by atoms with van der Waals surface area (Å²) in [6.07, 6.45) is 5.17. The summed E-state index contributed by atoms with van der Waals surface area (Å²) in [6, 6.07) is 14.0. The second-order valence-electron chi connectivity index (χ2n) is 9.30. The molecule has 168 valence electrons. The number of hydrogen-bond acceptors (Lipinski definition) is 3. The first-order valence-corrected chi connectivity index (χ1v) is 11.6. The van der Waals surface area contributed by atoms with Crippen LogP contribution in [0.15, 0.2) is 48.5 Å². The fourth-order valence-electron chi connectivity index (χ4n) is 5.86. The van der Waals surface area contributed by atoms with Gasteiger partial charge in [-0.15, -0.1) is 0 Å². The molecule has 32 heavy (non-hydrogen) atoms. The number of nitrogens with zero attached hydrogens (tertiary/aromatic N) is 2. The molecule has 0 unspecified atom stereocenters. The molecule has 6 heteroatoms. The molecule has 2 saturated heterocycles. The van der Waals surface area contributed by atoms with Crippen molar-refractivity contribution < 1.29 is 19.1 Å². The molecule has 3 atom stereocenters. The fourth-order valence-corrected chi connectivity index (χ4v) is 5.86. The van der Waals surface area contributed by atoms with Gasteiger partial charge in [-0.1, -0.05) is 61.7 Å². The van der Waals surface area contributed by atoms with Crippen molar-refractivity contribution in [3.63, 3.8) is 0 Å². The molecule has 0 bridgehead atoms. The van der Waals surface area contributed by atoms with Gasteiger partial charge in [0, 0.05) is 23.9 Å². The summed E-state index contributed by atoms with van der Waals surface area (Å²) in [7, 11) is 0. The van der Waals surface area contributed by atoms with Gasteiger partial charge in [-0.25, -0.2) is 4.39 Å². The van der Waals surface area contributed by atoms with Crippen LogP contribution < -0.4 is 0 Å². The second kappa shape index (κ2) is 8.66. The standard InChI is InChI=1S/C26H29FN2O3/c27-21-9-5-4-8-20(21)17-10-12-18(13-11-17)25-22-14-28(15-24(31)29(22)23(25)16-30)26(32)19-6-2-1-3-7-19/h4-5,8-13,19,22-23,25,30H,1-3,6-7,14-16H2/t22-,23+,25-/m1/s1. The molecule has 2 aromatic carbocycles. The highest BCUT2D eigenvalue weighted by Crippen LogP contribution is 2.43. The molecule has 0 spiro atoms. The summed E-state index contributed by atoms with van der Waals surface area (Å²) < 4.78 is 14.2. The van der Waals surface area contributed by atoms with Crippen molar-refractivity contribution in [1.82, 2.24) is 9.80 Å². The predicted octanol–water partition coefficient (Wildman–Crippen LogP) is 3.57. The van der Waals surface area contributed by atoms with Gasteiger partial charge in [0.15, 0.2) is 0 Å². The van der Waals surface area contributed by atoms with Gasteiger partial charge < -0.3 is 14.9 Å². The third-order valence-corrected chi connectivity index (χ3v) is 7.50. The molecule has 3 aliphatic rings. The van der Waals surface area contributed by atoms with Crippen LogP contribution in [-0.4, -0.2) is 58.5 Å². The Morgan fingerprint density at radius 3 is 2.44 bits per heavy atom. The van der Waals surface area contributed by atoms with E-state index in [-0.39, 0.29) is 54.7 Å². The molecule has 5 nitrogen and oxygen atoms in total. The number of fused-ring (bicyclic) bond motifs is 1. The number of benzene rings is 2. The van der Waals surface area contributed by atoms with Gasteiger partial charge in [0.1, 0.15) is 5.82 Å². The van der Waals surface area contributed by atoms with Crippen LogP contribution in [0.5, 0.6) is 0 Å². The van der Waals surface area contributed by atoms with Gasteiger partial charge in [0.05, 0.1) is 25.2 Å². The van der Waals surface area contributed by atoms with Crippen molar-refractivity contribution in [2.75, 3.05) is 19.7 Å². The van der Waals surface area contributed by atoms with E-state index in [0.29, 0.717) is 12.1 Å². The third-order valence-electron chi connectivity index (χ3n) is 7.50. The average Bonchev–Trinajstić information content (AvgIpc) is 2.81. The van der Waals surface area contributed by atoms with Crippen molar-refractivity contribution in [3.8, 4) is 11.1 Å². The maximum Gasteiger partial charge on any atom is 0.242 e. The highest BCUT2D eigenvalue weighted by molar-refractivity contribution is 5.88. The second-order valence-corrected chi connectivity index (χ2v) is 9.30. The van der Waals surface area contributed by atoms with Crippen molar-refractivity contribution in [2.45, 2.75) is 50.1 Å². The van der Waals surface area contributed by atoms with Gasteiger partial charge >= 0.3 is 0 Å². The summed E-state index contributed by atoms with van der Waals surface area (Å²) in [5.41, 5.74) is 2.34. The number of carbonyl (C=O) groups is 2. The Kier molecular flexibility index (Phi) is 5.72. The van der Waals surface area contributed by atoms with Crippen LogP contribution in [-0.2, 0) is 9.59 Å². The molecule has 2 amide bonds. The Labute approximate surface area is 187 Å². The minimum absolute atomic E-state index is 0.0373. The largest absolute Gasteiger partial charge is 0.394 e. The Bertz CT molecular complexity index is 1000. The molecule has 2 aromatic rings. The van der Waals surface area contributed by atoms with Crippen LogP contribution in [0.2, 0.25) is 0 Å². The lowest BCUT2D eigenvalue weighted by Crippen LogP contribution is -2.73. The first-order valence-electron chi connectivity index (χ1n) is 11.6. The number of aliphatic hydroxyl groups excluding tert-OH is 1. The van der Waals surface area contributed by atoms with Gasteiger partial charge in [0.25, 0.3) is 0 Å². The van der Waals surface area contributed by atoms with Crippen LogP contribution >= 0.6 is 0 Å². The van der Waals surface area contributed by atoms with E-state index in [1.165, 1.54) is 12.5 Å². The van der Waals surface area contributed by atoms with E-state index >= 15 is 0 Å². The molecule has 2 aliphatic heterocycles. The summed E-state index contributed by atoms with van der Waals surface area (Å²) >= 11 is 0. The van der Waals surface area contributed by atoms with E-state index in [1.54, 1.807) is 21.9 Å². The minimum Gasteiger partial charge on any atom is -0.394 e. The number of aliphatic hydroxyl groups is 1. The van der Waals surface area contributed by atoms with Crippen LogP contribution in [0.1, 0.15) is 43.6 Å². The topological polar surface area (TPSA) is 60.9 Å². The number of halogens is 1. The van der Waals surface area contributed by atoms with E-state index in [0.717, 1.165) is 36.8 Å². The highest BCUT2D eigenvalue weighted by Gasteiger charge is 2.54. The first-order chi connectivity index (χ1) is 15.6. The number of hydrogen-bond donors (Lipinski definition) is 1. The fraction of sp³-hybridized carbons (Fsp3) is 0.462. The summed E-state index contributed by atoms with van der Waals surface area (Å²) in [5.74, 6) is -0.239. The molecule has 1 aliphatic carbocycles. The van der Waals surface area contributed by atoms with Crippen LogP contribution in [0.3, 0.4) is 0 Å². The molecule has 1 saturated carbocycles. The van der Waals surface area contributed by atoms with Gasteiger partial charge in [-0.2, -0.15) is 0 Å². The third kappa shape index (κ3) is 3.60. The van der Waals surface area contributed by atoms with Crippen LogP contribution in [0.25, 0.3) is 11.1 Å². The van der Waals surface area contributed by atoms with Gasteiger partial charge in [0.2, 0.25) is 11.8 Å². The predicted molar refractivity (Wildman–Crippen MR) is 119 cm³/mol. The Morgan fingerprint density at radius 2 is 1.75 bits per heavy atom. The molecule has 0 radical (unpaired) electrons. The first kappa shape index (κ1) is 21.1. The van der Waals surface area contributed by atoms with Gasteiger partial charge in [-0.05, 0) is 30.0 Å². The van der Waals surface area contributed by atoms with E-state index in [1.807, 2.05) is 30.3 Å². The van der Waals surface area contributed by atoms with Crippen molar-refractivity contribution in [1.29, 1.82) is 0 Å². The van der Waals surface area contributed by atoms with Crippen molar-refractivity contribution in [2.24, 2.45) is 5.92 Å². The summed E-state index contributed by atoms with van der Waals surface area (Å²) in [6.45, 7) is 0.511. The van der Waals surface area contributed by atoms with Crippen molar-refractivity contribution in [3.05, 3.63) is 59.9 Å². The lowest BCUT2D eigenvalue weighted by Gasteiger charge is -2.59. The summed E-state index contributed by atoms with van der Waals surface area (Å²) in [4.78, 5) is 29.4. The number of carbonyl (C=O) groups excluding carboxylic acids is 2. The molecule has 3 fully saturated rings. The molecule has 0 aromatic heterocycles. The Hall–Kier alpha value is -2.73. The highest BCUT2D eigenvalue weighted by atomic mass is 19.1. The number of piperazine rings is 1. The SMILES string of the molecule is O=C(C1CCCCC1)N1CC(=O)N2[C@H](C1)[C@@H](c1ccc(-c3ccccc3F)cc1)[C@@H]2CO. The zero-order valence-corrected chi connectivity index (χ0v) is 18.1. The minimum atomic E-state index is -0.279. The molecule has 5 rings (SSSR count). The van der Waals surface area contributed by atoms with E-state index < -0.39 is 0 Å². The average molecular weight is 437 g/mol. The molecular formula is C26H29FN2O3. The zero-order valence-electron chi connectivity index (χ0n) is 18.1. The normalized spacial score (nSPS) is 25.9. The number of amides is 2. The molecule has 1 N–H and O–H groups in total. The van der Waals surface area contributed by atoms with E-state index in [4.69, 9.17) is 0 Å². The lowest BCUT2D eigenvalue weighted by molar-refractivity contribution is -0.168. The van der Waals surface area contributed by atoms with Crippen LogP contribution in [0, 0.1) is 11.7 Å². The monoisotopic (exact) mass is 436 g/mol. The smallest absolute Gasteiger partial charge is 0.242 e. The zero-order chi connectivity index (χ0) is 22.2. The van der Waals surface area contributed by atoms with E-state index in [9.17, 15) is 19.1 Å². The van der Waals surface area contributed by atoms with E-state index in [2.05, 4.69) is 0 Å². The lowest BCUT2D eigenvalue weighted by atomic mass is 9.73. The quantitative estimate of drug-likeness (QED) is 0.797. The molecule has 2 heterocycles. The number of rotatable bonds is 4. The molecular weight excluding hydrogens is 407 g/mol.